The van der Waals surface area contributed by atoms with Gasteiger partial charge in [0.2, 0.25) is 11.9 Å². The largest absolute Gasteiger partial charge is 0.329 e. The Labute approximate surface area is 206 Å². The van der Waals surface area contributed by atoms with E-state index in [1.54, 1.807) is 17.0 Å². The molecule has 0 aliphatic carbocycles. The number of hydrogen-bond donors (Lipinski definition) is 1. The fourth-order valence-corrected chi connectivity index (χ4v) is 3.95. The summed E-state index contributed by atoms with van der Waals surface area (Å²) in [5, 5.41) is 2.95. The van der Waals surface area contributed by atoms with Gasteiger partial charge in [0.1, 0.15) is 6.54 Å². The first-order valence-electron chi connectivity index (χ1n) is 11.8. The van der Waals surface area contributed by atoms with Crippen molar-refractivity contribution in [1.29, 1.82) is 0 Å². The highest BCUT2D eigenvalue weighted by Gasteiger charge is 2.21. The van der Waals surface area contributed by atoms with Crippen LogP contribution in [0.4, 0.5) is 5.95 Å². The van der Waals surface area contributed by atoms with Crippen LogP contribution in [0.2, 0.25) is 0 Å². The number of imidazole rings is 1. The average molecular weight is 467 g/mol. The Kier molecular flexibility index (Phi) is 7.41. The number of benzene rings is 3. The minimum atomic E-state index is -0.297. The van der Waals surface area contributed by atoms with Crippen LogP contribution in [0.25, 0.3) is 16.9 Å². The Morgan fingerprint density at radius 1 is 0.943 bits per heavy atom. The molecule has 0 radical (unpaired) electrons. The molecule has 178 valence electrons. The summed E-state index contributed by atoms with van der Waals surface area (Å²) >= 11 is 0. The van der Waals surface area contributed by atoms with Gasteiger partial charge in [0.25, 0.3) is 5.91 Å². The summed E-state index contributed by atoms with van der Waals surface area (Å²) in [7, 11) is 0. The lowest BCUT2D eigenvalue weighted by Crippen LogP contribution is -2.40. The molecular formula is C29H30N4O2. The van der Waals surface area contributed by atoms with Crippen LogP contribution in [0.5, 0.6) is 0 Å². The minimum absolute atomic E-state index is 0.0622. The summed E-state index contributed by atoms with van der Waals surface area (Å²) in [5.41, 5.74) is 4.27. The number of rotatable bonds is 8. The first kappa shape index (κ1) is 24.0. The zero-order chi connectivity index (χ0) is 24.8. The molecule has 2 amide bonds. The van der Waals surface area contributed by atoms with Crippen LogP contribution in [0.3, 0.4) is 0 Å². The predicted molar refractivity (Wildman–Crippen MR) is 140 cm³/mol. The molecule has 0 saturated heterocycles. The van der Waals surface area contributed by atoms with Crippen molar-refractivity contribution >= 4 is 17.8 Å². The van der Waals surface area contributed by atoms with Crippen molar-refractivity contribution in [2.75, 3.05) is 18.4 Å². The van der Waals surface area contributed by atoms with Crippen molar-refractivity contribution in [2.45, 2.75) is 20.8 Å². The summed E-state index contributed by atoms with van der Waals surface area (Å²) in [4.78, 5) is 32.6. The summed E-state index contributed by atoms with van der Waals surface area (Å²) < 4.78 is 1.87. The molecule has 35 heavy (non-hydrogen) atoms. The number of nitrogens with one attached hydrogen (secondary N) is 1. The van der Waals surface area contributed by atoms with E-state index in [9.17, 15) is 9.59 Å². The van der Waals surface area contributed by atoms with Gasteiger partial charge < -0.3 is 4.90 Å². The van der Waals surface area contributed by atoms with Gasteiger partial charge >= 0.3 is 0 Å². The molecule has 1 aromatic heterocycles. The van der Waals surface area contributed by atoms with Crippen LogP contribution in [0.1, 0.15) is 29.8 Å². The van der Waals surface area contributed by atoms with Gasteiger partial charge in [0.15, 0.2) is 0 Å². The lowest BCUT2D eigenvalue weighted by Gasteiger charge is -2.24. The smallest absolute Gasteiger partial charge is 0.254 e. The fraction of sp³-hybridized carbons (Fsp3) is 0.207. The van der Waals surface area contributed by atoms with E-state index in [-0.39, 0.29) is 24.3 Å². The van der Waals surface area contributed by atoms with Crippen LogP contribution in [0.15, 0.2) is 91.1 Å². The highest BCUT2D eigenvalue weighted by atomic mass is 16.2. The fourth-order valence-electron chi connectivity index (χ4n) is 3.95. The number of carbonyl (C=O) groups excluding carboxylic acids is 2. The molecule has 0 aliphatic heterocycles. The zero-order valence-corrected chi connectivity index (χ0v) is 20.3. The molecule has 1 N–H and O–H groups in total. The second-order valence-electron chi connectivity index (χ2n) is 9.02. The average Bonchev–Trinajstić information content (AvgIpc) is 3.27. The summed E-state index contributed by atoms with van der Waals surface area (Å²) in [5.74, 6) is 0.168. The predicted octanol–water partition coefficient (Wildman–Crippen LogP) is 5.58. The number of nitrogens with zero attached hydrogens (tertiary/aromatic N) is 3. The van der Waals surface area contributed by atoms with Crippen molar-refractivity contribution in [2.24, 2.45) is 5.92 Å². The first-order valence-corrected chi connectivity index (χ1v) is 11.8. The van der Waals surface area contributed by atoms with Crippen molar-refractivity contribution < 1.29 is 9.59 Å². The van der Waals surface area contributed by atoms with E-state index in [2.05, 4.69) is 5.32 Å². The van der Waals surface area contributed by atoms with Crippen LogP contribution >= 0.6 is 0 Å². The van der Waals surface area contributed by atoms with Crippen molar-refractivity contribution in [3.05, 3.63) is 102 Å². The highest BCUT2D eigenvalue weighted by molar-refractivity contribution is 5.99. The summed E-state index contributed by atoms with van der Waals surface area (Å²) in [6, 6.07) is 26.9. The normalized spacial score (nSPS) is 10.9. The Morgan fingerprint density at radius 2 is 1.63 bits per heavy atom. The third-order valence-corrected chi connectivity index (χ3v) is 5.53. The molecule has 0 unspecified atom stereocenters. The lowest BCUT2D eigenvalue weighted by molar-refractivity contribution is -0.117. The second-order valence-corrected chi connectivity index (χ2v) is 9.02. The van der Waals surface area contributed by atoms with Crippen molar-refractivity contribution in [3.63, 3.8) is 0 Å². The van der Waals surface area contributed by atoms with E-state index < -0.39 is 0 Å². The second kappa shape index (κ2) is 10.8. The SMILES string of the molecule is Cc1cccc(-n2cc(-c3ccccc3)nc2NC(=O)CN(CC(C)C)C(=O)c2ccccc2)c1. The molecule has 0 spiro atoms. The van der Waals surface area contributed by atoms with Crippen molar-refractivity contribution in [1.82, 2.24) is 14.5 Å². The number of amides is 2. The first-order chi connectivity index (χ1) is 16.9. The van der Waals surface area contributed by atoms with E-state index in [0.29, 0.717) is 18.1 Å². The number of aromatic nitrogens is 2. The maximum absolute atomic E-state index is 13.2. The zero-order valence-electron chi connectivity index (χ0n) is 20.3. The van der Waals surface area contributed by atoms with Gasteiger partial charge in [-0.05, 0) is 42.7 Å². The van der Waals surface area contributed by atoms with E-state index in [1.807, 2.05) is 104 Å². The van der Waals surface area contributed by atoms with Crippen molar-refractivity contribution in [3.8, 4) is 16.9 Å². The quantitative estimate of drug-likeness (QED) is 0.368. The van der Waals surface area contributed by atoms with Gasteiger partial charge in [0.05, 0.1) is 5.69 Å². The molecule has 3 aromatic carbocycles. The molecule has 6 heteroatoms. The maximum atomic E-state index is 13.2. The lowest BCUT2D eigenvalue weighted by atomic mass is 10.1. The van der Waals surface area contributed by atoms with Crippen LogP contribution in [-0.4, -0.2) is 39.4 Å². The van der Waals surface area contributed by atoms with Gasteiger partial charge in [0, 0.05) is 29.6 Å². The van der Waals surface area contributed by atoms with Gasteiger partial charge in [-0.1, -0.05) is 74.5 Å². The maximum Gasteiger partial charge on any atom is 0.254 e. The highest BCUT2D eigenvalue weighted by Crippen LogP contribution is 2.24. The Bertz CT molecular complexity index is 1300. The molecule has 0 fully saturated rings. The molecule has 4 rings (SSSR count). The molecule has 0 saturated carbocycles. The van der Waals surface area contributed by atoms with E-state index in [4.69, 9.17) is 4.98 Å². The summed E-state index contributed by atoms with van der Waals surface area (Å²) in [6.07, 6.45) is 1.92. The van der Waals surface area contributed by atoms with Crippen LogP contribution < -0.4 is 5.32 Å². The van der Waals surface area contributed by atoms with Gasteiger partial charge in [-0.25, -0.2) is 4.98 Å². The van der Waals surface area contributed by atoms with Gasteiger partial charge in [-0.3, -0.25) is 19.5 Å². The Morgan fingerprint density at radius 3 is 2.29 bits per heavy atom. The topological polar surface area (TPSA) is 67.2 Å². The van der Waals surface area contributed by atoms with Crippen LogP contribution in [0, 0.1) is 12.8 Å². The third kappa shape index (κ3) is 6.03. The Hall–Kier alpha value is -4.19. The molecule has 0 aliphatic rings. The summed E-state index contributed by atoms with van der Waals surface area (Å²) in [6.45, 7) is 6.49. The Balaban J connectivity index is 1.61. The number of aryl methyl sites for hydroxylation is 1. The molecule has 0 atom stereocenters. The van der Waals surface area contributed by atoms with E-state index >= 15 is 0 Å². The molecule has 0 bridgehead atoms. The number of hydrogen-bond acceptors (Lipinski definition) is 3. The van der Waals surface area contributed by atoms with Gasteiger partial charge in [-0.2, -0.15) is 0 Å². The number of carbonyl (C=O) groups is 2. The monoisotopic (exact) mass is 466 g/mol. The molecular weight excluding hydrogens is 436 g/mol. The van der Waals surface area contributed by atoms with E-state index in [0.717, 1.165) is 22.5 Å². The standard InChI is InChI=1S/C29H30N4O2/c1-21(2)18-32(28(35)24-14-8-5-9-15-24)20-27(34)31-29-30-26(23-12-6-4-7-13-23)19-33(29)25-16-10-11-22(3)17-25/h4-17,19,21H,18,20H2,1-3H3,(H,30,31,34). The minimum Gasteiger partial charge on any atom is -0.329 e. The molecule has 1 heterocycles. The number of anilines is 1. The third-order valence-electron chi connectivity index (χ3n) is 5.53. The van der Waals surface area contributed by atoms with Crippen LogP contribution in [-0.2, 0) is 4.79 Å². The molecule has 4 aromatic rings. The molecule has 6 nitrogen and oxygen atoms in total. The van der Waals surface area contributed by atoms with E-state index in [1.165, 1.54) is 0 Å². The van der Waals surface area contributed by atoms with Gasteiger partial charge in [-0.15, -0.1) is 0 Å².